The summed E-state index contributed by atoms with van der Waals surface area (Å²) < 4.78 is 41.5. The number of alkyl halides is 3. The van der Waals surface area contributed by atoms with Gasteiger partial charge in [0.05, 0.1) is 22.2 Å². The standard InChI is InChI=1S/C19H18F3N3O/c1-3-24(4-2)18(26)15-10-13(19(20,21)22)11-16-17(15)25(12-23-16)14-8-6-5-7-9-14/h5-12H,3-4H2,1-2H3. The predicted molar refractivity (Wildman–Crippen MR) is 93.3 cm³/mol. The van der Waals surface area contributed by atoms with E-state index in [-0.39, 0.29) is 11.1 Å². The van der Waals surface area contributed by atoms with Crippen molar-refractivity contribution in [2.24, 2.45) is 0 Å². The van der Waals surface area contributed by atoms with Crippen LogP contribution in [-0.4, -0.2) is 33.4 Å². The Balaban J connectivity index is 2.30. The first-order chi connectivity index (χ1) is 12.4. The zero-order chi connectivity index (χ0) is 18.9. The lowest BCUT2D eigenvalue weighted by molar-refractivity contribution is -0.137. The van der Waals surface area contributed by atoms with E-state index >= 15 is 0 Å². The Morgan fingerprint density at radius 2 is 1.77 bits per heavy atom. The van der Waals surface area contributed by atoms with Crippen LogP contribution in [-0.2, 0) is 6.18 Å². The normalized spacial score (nSPS) is 11.7. The van der Waals surface area contributed by atoms with E-state index in [1.807, 2.05) is 30.3 Å². The molecule has 0 aliphatic rings. The molecule has 0 saturated carbocycles. The summed E-state index contributed by atoms with van der Waals surface area (Å²) in [5.41, 5.74) is 0.363. The van der Waals surface area contributed by atoms with E-state index in [0.717, 1.165) is 17.8 Å². The van der Waals surface area contributed by atoms with Crippen LogP contribution in [0.4, 0.5) is 13.2 Å². The average Bonchev–Trinajstić information content (AvgIpc) is 3.06. The Hall–Kier alpha value is -2.83. The lowest BCUT2D eigenvalue weighted by Crippen LogP contribution is -2.31. The lowest BCUT2D eigenvalue weighted by atomic mass is 10.1. The molecule has 0 saturated heterocycles. The molecule has 2 aromatic carbocycles. The molecule has 136 valence electrons. The predicted octanol–water partition coefficient (Wildman–Crippen LogP) is 4.53. The zero-order valence-electron chi connectivity index (χ0n) is 14.4. The van der Waals surface area contributed by atoms with E-state index in [1.165, 1.54) is 11.2 Å². The van der Waals surface area contributed by atoms with Crippen molar-refractivity contribution >= 4 is 16.9 Å². The number of hydrogen-bond acceptors (Lipinski definition) is 2. The Kier molecular flexibility index (Phi) is 4.71. The summed E-state index contributed by atoms with van der Waals surface area (Å²) in [6.07, 6.45) is -3.11. The van der Waals surface area contributed by atoms with Gasteiger partial charge in [-0.05, 0) is 38.1 Å². The van der Waals surface area contributed by atoms with Crippen LogP contribution in [0.15, 0.2) is 48.8 Å². The fourth-order valence-corrected chi connectivity index (χ4v) is 2.94. The molecule has 3 aromatic rings. The molecule has 0 fully saturated rings. The number of para-hydroxylation sites is 1. The second-order valence-corrected chi connectivity index (χ2v) is 5.82. The largest absolute Gasteiger partial charge is 0.416 e. The monoisotopic (exact) mass is 361 g/mol. The molecule has 0 bridgehead atoms. The Labute approximate surface area is 148 Å². The number of imidazole rings is 1. The van der Waals surface area contributed by atoms with Gasteiger partial charge in [0, 0.05) is 18.8 Å². The van der Waals surface area contributed by atoms with Crippen molar-refractivity contribution in [3.63, 3.8) is 0 Å². The number of amides is 1. The minimum atomic E-state index is -4.55. The summed E-state index contributed by atoms with van der Waals surface area (Å²) in [5.74, 6) is -0.441. The van der Waals surface area contributed by atoms with Gasteiger partial charge in [-0.25, -0.2) is 4.98 Å². The summed E-state index contributed by atoms with van der Waals surface area (Å²) in [7, 11) is 0. The molecular formula is C19H18F3N3O. The maximum atomic E-state index is 13.3. The minimum absolute atomic E-state index is 0.000113. The van der Waals surface area contributed by atoms with Crippen molar-refractivity contribution in [3.05, 3.63) is 59.9 Å². The third-order valence-corrected chi connectivity index (χ3v) is 4.29. The van der Waals surface area contributed by atoms with Crippen LogP contribution in [0.2, 0.25) is 0 Å². The molecule has 3 rings (SSSR count). The van der Waals surface area contributed by atoms with Crippen LogP contribution in [0, 0.1) is 0 Å². The second kappa shape index (κ2) is 6.82. The van der Waals surface area contributed by atoms with Gasteiger partial charge in [-0.1, -0.05) is 18.2 Å². The first-order valence-corrected chi connectivity index (χ1v) is 8.29. The van der Waals surface area contributed by atoms with E-state index in [9.17, 15) is 18.0 Å². The minimum Gasteiger partial charge on any atom is -0.339 e. The van der Waals surface area contributed by atoms with Crippen LogP contribution >= 0.6 is 0 Å². The maximum absolute atomic E-state index is 13.3. The molecule has 1 heterocycles. The highest BCUT2D eigenvalue weighted by atomic mass is 19.4. The number of carbonyl (C=O) groups excluding carboxylic acids is 1. The van der Waals surface area contributed by atoms with Gasteiger partial charge in [0.25, 0.3) is 5.91 Å². The van der Waals surface area contributed by atoms with Gasteiger partial charge in [-0.3, -0.25) is 9.36 Å². The SMILES string of the molecule is CCN(CC)C(=O)c1cc(C(F)(F)F)cc2ncn(-c3ccccc3)c12. The van der Waals surface area contributed by atoms with Crippen molar-refractivity contribution in [2.45, 2.75) is 20.0 Å². The fourth-order valence-electron chi connectivity index (χ4n) is 2.94. The molecule has 0 spiro atoms. The van der Waals surface area contributed by atoms with Crippen LogP contribution in [0.5, 0.6) is 0 Å². The third kappa shape index (κ3) is 3.16. The molecule has 7 heteroatoms. The van der Waals surface area contributed by atoms with Gasteiger partial charge in [-0.2, -0.15) is 13.2 Å². The summed E-state index contributed by atoms with van der Waals surface area (Å²) in [4.78, 5) is 18.5. The van der Waals surface area contributed by atoms with Crippen LogP contribution in [0.3, 0.4) is 0 Å². The zero-order valence-corrected chi connectivity index (χ0v) is 14.4. The summed E-state index contributed by atoms with van der Waals surface area (Å²) >= 11 is 0. The van der Waals surface area contributed by atoms with Crippen LogP contribution in [0.25, 0.3) is 16.7 Å². The number of carbonyl (C=O) groups is 1. The van der Waals surface area contributed by atoms with E-state index in [0.29, 0.717) is 18.6 Å². The highest BCUT2D eigenvalue weighted by Crippen LogP contribution is 2.34. The third-order valence-electron chi connectivity index (χ3n) is 4.29. The van der Waals surface area contributed by atoms with E-state index in [4.69, 9.17) is 0 Å². The highest BCUT2D eigenvalue weighted by Gasteiger charge is 2.33. The number of rotatable bonds is 4. The Bertz CT molecular complexity index is 928. The molecule has 4 nitrogen and oxygen atoms in total. The van der Waals surface area contributed by atoms with Crippen molar-refractivity contribution in [1.29, 1.82) is 0 Å². The Morgan fingerprint density at radius 3 is 2.35 bits per heavy atom. The molecule has 0 aliphatic heterocycles. The van der Waals surface area contributed by atoms with Gasteiger partial charge >= 0.3 is 6.18 Å². The molecular weight excluding hydrogens is 343 g/mol. The lowest BCUT2D eigenvalue weighted by Gasteiger charge is -2.20. The van der Waals surface area contributed by atoms with Gasteiger partial charge in [0.15, 0.2) is 0 Å². The van der Waals surface area contributed by atoms with E-state index in [1.54, 1.807) is 18.4 Å². The van der Waals surface area contributed by atoms with Gasteiger partial charge < -0.3 is 4.90 Å². The van der Waals surface area contributed by atoms with Crippen LogP contribution < -0.4 is 0 Å². The number of hydrogen-bond donors (Lipinski definition) is 0. The number of aromatic nitrogens is 2. The Morgan fingerprint density at radius 1 is 1.12 bits per heavy atom. The summed E-state index contributed by atoms with van der Waals surface area (Å²) in [5, 5.41) is 0. The second-order valence-electron chi connectivity index (χ2n) is 5.82. The smallest absolute Gasteiger partial charge is 0.339 e. The quantitative estimate of drug-likeness (QED) is 0.685. The van der Waals surface area contributed by atoms with Gasteiger partial charge in [-0.15, -0.1) is 0 Å². The topological polar surface area (TPSA) is 38.1 Å². The molecule has 0 radical (unpaired) electrons. The first kappa shape index (κ1) is 18.0. The molecule has 0 N–H and O–H groups in total. The average molecular weight is 361 g/mol. The maximum Gasteiger partial charge on any atom is 0.416 e. The number of nitrogens with zero attached hydrogens (tertiary/aromatic N) is 3. The van der Waals surface area contributed by atoms with Crippen molar-refractivity contribution in [3.8, 4) is 5.69 Å². The van der Waals surface area contributed by atoms with Gasteiger partial charge in [0.1, 0.15) is 6.33 Å². The number of fused-ring (bicyclic) bond motifs is 1. The van der Waals surface area contributed by atoms with Crippen molar-refractivity contribution < 1.29 is 18.0 Å². The van der Waals surface area contributed by atoms with E-state index < -0.39 is 17.6 Å². The van der Waals surface area contributed by atoms with Crippen molar-refractivity contribution in [1.82, 2.24) is 14.5 Å². The highest BCUT2D eigenvalue weighted by molar-refractivity contribution is 6.06. The number of halogens is 3. The van der Waals surface area contributed by atoms with Crippen LogP contribution in [0.1, 0.15) is 29.8 Å². The fraction of sp³-hybridized carbons (Fsp3) is 0.263. The van der Waals surface area contributed by atoms with E-state index in [2.05, 4.69) is 4.98 Å². The van der Waals surface area contributed by atoms with Gasteiger partial charge in [0.2, 0.25) is 0 Å². The summed E-state index contributed by atoms with van der Waals surface area (Å²) in [6, 6.07) is 11.0. The summed E-state index contributed by atoms with van der Waals surface area (Å²) in [6.45, 7) is 4.40. The molecule has 1 amide bonds. The molecule has 0 aliphatic carbocycles. The van der Waals surface area contributed by atoms with Crippen molar-refractivity contribution in [2.75, 3.05) is 13.1 Å². The molecule has 0 unspecified atom stereocenters. The molecule has 26 heavy (non-hydrogen) atoms. The molecule has 0 atom stereocenters. The number of benzene rings is 2. The molecule has 1 aromatic heterocycles. The first-order valence-electron chi connectivity index (χ1n) is 8.29.